The Morgan fingerprint density at radius 2 is 2.30 bits per heavy atom. The quantitative estimate of drug-likeness (QED) is 0.867. The third kappa shape index (κ3) is 4.06. The van der Waals surface area contributed by atoms with Crippen molar-refractivity contribution in [3.8, 4) is 0 Å². The molecule has 0 radical (unpaired) electrons. The van der Waals surface area contributed by atoms with Crippen LogP contribution in [0.1, 0.15) is 45.0 Å². The van der Waals surface area contributed by atoms with E-state index in [2.05, 4.69) is 53.8 Å². The third-order valence-corrected chi connectivity index (χ3v) is 4.27. The number of hydrogen-bond donors (Lipinski definition) is 1. The Bertz CT molecular complexity index is 405. The fourth-order valence-electron chi connectivity index (χ4n) is 3.08. The molecule has 0 saturated carbocycles. The number of aromatic nitrogens is 2. The lowest BCUT2D eigenvalue weighted by Crippen LogP contribution is -2.41. The van der Waals surface area contributed by atoms with E-state index in [1.807, 2.05) is 0 Å². The van der Waals surface area contributed by atoms with Crippen LogP contribution in [0.4, 0.5) is 0 Å². The molecule has 1 aromatic rings. The van der Waals surface area contributed by atoms with Crippen molar-refractivity contribution in [2.75, 3.05) is 19.6 Å². The molecule has 0 aliphatic carbocycles. The van der Waals surface area contributed by atoms with Gasteiger partial charge in [-0.1, -0.05) is 0 Å². The highest BCUT2D eigenvalue weighted by atomic mass is 15.3. The lowest BCUT2D eigenvalue weighted by atomic mass is 9.98. The molecule has 2 rings (SSSR count). The molecule has 1 unspecified atom stereocenters. The predicted molar refractivity (Wildman–Crippen MR) is 83.8 cm³/mol. The summed E-state index contributed by atoms with van der Waals surface area (Å²) in [5, 5.41) is 8.09. The molecule has 114 valence electrons. The van der Waals surface area contributed by atoms with Crippen LogP contribution in [0.3, 0.4) is 0 Å². The van der Waals surface area contributed by atoms with Gasteiger partial charge in [0.15, 0.2) is 0 Å². The maximum Gasteiger partial charge on any atom is 0.0597 e. The molecule has 0 spiro atoms. The minimum atomic E-state index is 0.581. The van der Waals surface area contributed by atoms with Crippen molar-refractivity contribution in [1.29, 1.82) is 0 Å². The molecule has 0 amide bonds. The summed E-state index contributed by atoms with van der Waals surface area (Å²) in [7, 11) is 0. The average molecular weight is 278 g/mol. The van der Waals surface area contributed by atoms with Gasteiger partial charge in [0.2, 0.25) is 0 Å². The molecule has 0 aromatic carbocycles. The van der Waals surface area contributed by atoms with E-state index in [0.717, 1.165) is 24.7 Å². The van der Waals surface area contributed by atoms with Gasteiger partial charge in [-0.05, 0) is 65.6 Å². The fraction of sp³-hybridized carbons (Fsp3) is 0.812. The first kappa shape index (κ1) is 15.5. The highest BCUT2D eigenvalue weighted by molar-refractivity contribution is 5.09. The van der Waals surface area contributed by atoms with E-state index in [4.69, 9.17) is 0 Å². The minimum absolute atomic E-state index is 0.581. The van der Waals surface area contributed by atoms with Crippen LogP contribution >= 0.6 is 0 Å². The maximum absolute atomic E-state index is 4.57. The van der Waals surface area contributed by atoms with Crippen LogP contribution in [0, 0.1) is 12.8 Å². The van der Waals surface area contributed by atoms with Crippen molar-refractivity contribution in [1.82, 2.24) is 20.0 Å². The first-order chi connectivity index (χ1) is 9.60. The predicted octanol–water partition coefficient (Wildman–Crippen LogP) is 2.42. The Hall–Kier alpha value is -0.870. The second kappa shape index (κ2) is 7.23. The van der Waals surface area contributed by atoms with E-state index in [-0.39, 0.29) is 0 Å². The summed E-state index contributed by atoms with van der Waals surface area (Å²) >= 11 is 0. The van der Waals surface area contributed by atoms with Gasteiger partial charge in [0, 0.05) is 25.7 Å². The summed E-state index contributed by atoms with van der Waals surface area (Å²) < 4.78 is 2.14. The number of aryl methyl sites for hydroxylation is 2. The molecule has 4 heteroatoms. The van der Waals surface area contributed by atoms with Gasteiger partial charge in [0.1, 0.15) is 0 Å². The molecule has 4 nitrogen and oxygen atoms in total. The maximum atomic E-state index is 4.57. The average Bonchev–Trinajstić information content (AvgIpc) is 2.79. The number of piperidine rings is 1. The highest BCUT2D eigenvalue weighted by Crippen LogP contribution is 2.16. The molecule has 1 atom stereocenters. The van der Waals surface area contributed by atoms with E-state index >= 15 is 0 Å². The van der Waals surface area contributed by atoms with Gasteiger partial charge in [0.05, 0.1) is 11.4 Å². The Balaban J connectivity index is 2.00. The summed E-state index contributed by atoms with van der Waals surface area (Å²) in [6.45, 7) is 14.4. The van der Waals surface area contributed by atoms with E-state index in [1.165, 1.54) is 38.2 Å². The van der Waals surface area contributed by atoms with Crippen molar-refractivity contribution in [3.63, 3.8) is 0 Å². The van der Waals surface area contributed by atoms with Crippen molar-refractivity contribution in [3.05, 3.63) is 17.5 Å². The number of rotatable bonds is 6. The first-order valence-electron chi connectivity index (χ1n) is 8.08. The Labute approximate surface area is 123 Å². The lowest BCUT2D eigenvalue weighted by Gasteiger charge is -2.32. The minimum Gasteiger partial charge on any atom is -0.316 e. The molecular weight excluding hydrogens is 248 g/mol. The Morgan fingerprint density at radius 3 is 2.90 bits per heavy atom. The van der Waals surface area contributed by atoms with Gasteiger partial charge >= 0.3 is 0 Å². The summed E-state index contributed by atoms with van der Waals surface area (Å²) in [4.78, 5) is 2.60. The zero-order valence-corrected chi connectivity index (χ0v) is 13.5. The summed E-state index contributed by atoms with van der Waals surface area (Å²) in [5.41, 5.74) is 2.48. The van der Waals surface area contributed by atoms with Crippen molar-refractivity contribution in [2.24, 2.45) is 5.92 Å². The van der Waals surface area contributed by atoms with Crippen LogP contribution in [0.15, 0.2) is 6.07 Å². The summed E-state index contributed by atoms with van der Waals surface area (Å²) in [6.07, 6.45) is 2.69. The Kier molecular flexibility index (Phi) is 5.61. The van der Waals surface area contributed by atoms with Gasteiger partial charge in [0.25, 0.3) is 0 Å². The van der Waals surface area contributed by atoms with Crippen LogP contribution in [0.5, 0.6) is 0 Å². The molecule has 2 heterocycles. The van der Waals surface area contributed by atoms with Crippen LogP contribution in [-0.4, -0.2) is 40.4 Å². The van der Waals surface area contributed by atoms with Gasteiger partial charge < -0.3 is 5.32 Å². The molecule has 1 aliphatic rings. The smallest absolute Gasteiger partial charge is 0.0597 e. The molecule has 1 aromatic heterocycles. The standard InChI is InChI=1S/C16H30N4/c1-5-20-16(9-14(4)18-20)12-19(13(2)3)11-15-7-6-8-17-10-15/h9,13,15,17H,5-8,10-12H2,1-4H3. The normalized spacial score (nSPS) is 20.0. The second-order valence-corrected chi connectivity index (χ2v) is 6.33. The summed E-state index contributed by atoms with van der Waals surface area (Å²) in [5.74, 6) is 0.797. The largest absolute Gasteiger partial charge is 0.316 e. The van der Waals surface area contributed by atoms with Crippen LogP contribution in [-0.2, 0) is 13.1 Å². The Morgan fingerprint density at radius 1 is 1.50 bits per heavy atom. The number of hydrogen-bond acceptors (Lipinski definition) is 3. The van der Waals surface area contributed by atoms with Crippen LogP contribution < -0.4 is 5.32 Å². The van der Waals surface area contributed by atoms with Gasteiger partial charge in [-0.15, -0.1) is 0 Å². The van der Waals surface area contributed by atoms with Crippen molar-refractivity contribution in [2.45, 2.75) is 59.7 Å². The fourth-order valence-corrected chi connectivity index (χ4v) is 3.08. The van der Waals surface area contributed by atoms with Crippen molar-refractivity contribution >= 4 is 0 Å². The molecule has 1 fully saturated rings. The monoisotopic (exact) mass is 278 g/mol. The zero-order valence-electron chi connectivity index (χ0n) is 13.5. The molecular formula is C16H30N4. The molecule has 1 aliphatic heterocycles. The number of nitrogens with zero attached hydrogens (tertiary/aromatic N) is 3. The van der Waals surface area contributed by atoms with Crippen molar-refractivity contribution < 1.29 is 0 Å². The molecule has 0 bridgehead atoms. The van der Waals surface area contributed by atoms with Crippen LogP contribution in [0.25, 0.3) is 0 Å². The summed E-state index contributed by atoms with van der Waals surface area (Å²) in [6, 6.07) is 2.82. The van der Waals surface area contributed by atoms with Gasteiger partial charge in [-0.2, -0.15) is 5.10 Å². The lowest BCUT2D eigenvalue weighted by molar-refractivity contribution is 0.160. The molecule has 20 heavy (non-hydrogen) atoms. The van der Waals surface area contributed by atoms with Crippen LogP contribution in [0.2, 0.25) is 0 Å². The van der Waals surface area contributed by atoms with E-state index < -0.39 is 0 Å². The van der Waals surface area contributed by atoms with E-state index in [9.17, 15) is 0 Å². The topological polar surface area (TPSA) is 33.1 Å². The van der Waals surface area contributed by atoms with E-state index in [1.54, 1.807) is 0 Å². The number of nitrogens with one attached hydrogen (secondary N) is 1. The molecule has 1 saturated heterocycles. The van der Waals surface area contributed by atoms with Gasteiger partial charge in [-0.25, -0.2) is 0 Å². The highest BCUT2D eigenvalue weighted by Gasteiger charge is 2.20. The molecule has 1 N–H and O–H groups in total. The third-order valence-electron chi connectivity index (χ3n) is 4.27. The zero-order chi connectivity index (χ0) is 14.5. The first-order valence-corrected chi connectivity index (χ1v) is 8.08. The second-order valence-electron chi connectivity index (χ2n) is 6.33. The van der Waals surface area contributed by atoms with E-state index in [0.29, 0.717) is 6.04 Å². The van der Waals surface area contributed by atoms with Gasteiger partial charge in [-0.3, -0.25) is 9.58 Å². The SMILES string of the molecule is CCn1nc(C)cc1CN(CC1CCCNC1)C(C)C.